The summed E-state index contributed by atoms with van der Waals surface area (Å²) < 4.78 is 0. The first-order chi connectivity index (χ1) is 7.75. The summed E-state index contributed by atoms with van der Waals surface area (Å²) in [7, 11) is 1.58. The van der Waals surface area contributed by atoms with Gasteiger partial charge in [-0.3, -0.25) is 9.59 Å². The maximum atomic E-state index is 12.0. The maximum absolute atomic E-state index is 12.0. The number of nitrogens with zero attached hydrogens (tertiary/aromatic N) is 1. The van der Waals surface area contributed by atoms with Crippen LogP contribution in [0.5, 0.6) is 0 Å². The third-order valence-corrected chi connectivity index (χ3v) is 3.33. The van der Waals surface area contributed by atoms with Crippen LogP contribution in [-0.2, 0) is 9.59 Å². The fourth-order valence-corrected chi connectivity index (χ4v) is 1.46. The Morgan fingerprint density at radius 1 is 1.47 bits per heavy atom. The average Bonchev–Trinajstić information content (AvgIpc) is 2.99. The van der Waals surface area contributed by atoms with Gasteiger partial charge in [-0.25, -0.2) is 0 Å². The molecule has 0 unspecified atom stereocenters. The van der Waals surface area contributed by atoms with Crippen molar-refractivity contribution in [2.75, 3.05) is 13.6 Å². The standard InChI is InChI=1S/C11H19N3O2S/c1-11(2,9(12)17)10(16)14(3)6-8(15)13-7-4-5-7/h7H,4-6H2,1-3H3,(H2,12,17)(H,13,15). The van der Waals surface area contributed by atoms with Crippen LogP contribution in [-0.4, -0.2) is 41.3 Å². The van der Waals surface area contributed by atoms with E-state index < -0.39 is 5.41 Å². The van der Waals surface area contributed by atoms with E-state index in [1.807, 2.05) is 0 Å². The van der Waals surface area contributed by atoms with Crippen molar-refractivity contribution in [2.24, 2.45) is 11.1 Å². The van der Waals surface area contributed by atoms with Gasteiger partial charge >= 0.3 is 0 Å². The summed E-state index contributed by atoms with van der Waals surface area (Å²) in [5.41, 5.74) is 4.60. The minimum atomic E-state index is -0.913. The first-order valence-electron chi connectivity index (χ1n) is 5.60. The number of nitrogens with one attached hydrogen (secondary N) is 1. The molecule has 1 aliphatic rings. The zero-order valence-corrected chi connectivity index (χ0v) is 11.3. The summed E-state index contributed by atoms with van der Waals surface area (Å²) in [5.74, 6) is -0.377. The summed E-state index contributed by atoms with van der Waals surface area (Å²) >= 11 is 4.85. The third-order valence-electron chi connectivity index (χ3n) is 2.82. The van der Waals surface area contributed by atoms with E-state index in [4.69, 9.17) is 18.0 Å². The number of rotatable bonds is 5. The molecular formula is C11H19N3O2S. The van der Waals surface area contributed by atoms with Crippen LogP contribution in [0.1, 0.15) is 26.7 Å². The van der Waals surface area contributed by atoms with Crippen LogP contribution < -0.4 is 11.1 Å². The lowest BCUT2D eigenvalue weighted by atomic mass is 9.92. The molecule has 17 heavy (non-hydrogen) atoms. The number of thiocarbonyl (C=S) groups is 1. The third kappa shape index (κ3) is 3.66. The Morgan fingerprint density at radius 3 is 2.41 bits per heavy atom. The van der Waals surface area contributed by atoms with Crippen molar-refractivity contribution in [3.63, 3.8) is 0 Å². The Hall–Kier alpha value is -1.17. The van der Waals surface area contributed by atoms with Gasteiger partial charge in [0, 0.05) is 13.1 Å². The molecule has 1 rings (SSSR count). The smallest absolute Gasteiger partial charge is 0.239 e. The fraction of sp³-hybridized carbons (Fsp3) is 0.727. The highest BCUT2D eigenvalue weighted by molar-refractivity contribution is 7.80. The number of carbonyl (C=O) groups excluding carboxylic acids is 2. The summed E-state index contributed by atoms with van der Waals surface area (Å²) in [6, 6.07) is 0.301. The Kier molecular flexibility index (Phi) is 4.08. The van der Waals surface area contributed by atoms with Crippen LogP contribution in [0.4, 0.5) is 0 Å². The van der Waals surface area contributed by atoms with Crippen LogP contribution in [0.25, 0.3) is 0 Å². The number of amides is 2. The largest absolute Gasteiger partial charge is 0.392 e. The highest BCUT2D eigenvalue weighted by Gasteiger charge is 2.34. The quantitative estimate of drug-likeness (QED) is 0.682. The van der Waals surface area contributed by atoms with E-state index >= 15 is 0 Å². The van der Waals surface area contributed by atoms with Gasteiger partial charge in [-0.15, -0.1) is 0 Å². The van der Waals surface area contributed by atoms with E-state index in [0.717, 1.165) is 12.8 Å². The molecule has 0 aliphatic heterocycles. The minimum Gasteiger partial charge on any atom is -0.392 e. The van der Waals surface area contributed by atoms with Crippen LogP contribution in [0, 0.1) is 5.41 Å². The molecule has 0 bridgehead atoms. The van der Waals surface area contributed by atoms with Crippen molar-refractivity contribution < 1.29 is 9.59 Å². The Morgan fingerprint density at radius 2 is 2.00 bits per heavy atom. The average molecular weight is 257 g/mol. The molecule has 3 N–H and O–H groups in total. The predicted molar refractivity (Wildman–Crippen MR) is 69.4 cm³/mol. The van der Waals surface area contributed by atoms with Gasteiger partial charge in [-0.1, -0.05) is 12.2 Å². The van der Waals surface area contributed by atoms with Gasteiger partial charge in [-0.2, -0.15) is 0 Å². The SMILES string of the molecule is CN(CC(=O)NC1CC1)C(=O)C(C)(C)C(N)=S. The lowest BCUT2D eigenvalue weighted by molar-refractivity contribution is -0.139. The molecular weight excluding hydrogens is 238 g/mol. The zero-order chi connectivity index (χ0) is 13.2. The first kappa shape index (κ1) is 13.9. The van der Waals surface area contributed by atoms with E-state index in [-0.39, 0.29) is 23.3 Å². The number of nitrogens with two attached hydrogens (primary N) is 1. The molecule has 0 saturated heterocycles. The van der Waals surface area contributed by atoms with Crippen molar-refractivity contribution >= 4 is 29.0 Å². The lowest BCUT2D eigenvalue weighted by Gasteiger charge is -2.27. The topological polar surface area (TPSA) is 75.4 Å². The van der Waals surface area contributed by atoms with Gasteiger partial charge in [0.2, 0.25) is 11.8 Å². The number of carbonyl (C=O) groups is 2. The van der Waals surface area contributed by atoms with Crippen molar-refractivity contribution in [2.45, 2.75) is 32.7 Å². The van der Waals surface area contributed by atoms with E-state index in [0.29, 0.717) is 6.04 Å². The molecule has 0 radical (unpaired) electrons. The van der Waals surface area contributed by atoms with Crippen molar-refractivity contribution in [3.05, 3.63) is 0 Å². The second-order valence-electron chi connectivity index (χ2n) is 4.99. The van der Waals surface area contributed by atoms with Crippen molar-refractivity contribution in [1.29, 1.82) is 0 Å². The van der Waals surface area contributed by atoms with E-state index in [2.05, 4.69) is 5.32 Å². The molecule has 0 aromatic rings. The molecule has 0 spiro atoms. The van der Waals surface area contributed by atoms with Gasteiger partial charge in [0.1, 0.15) is 0 Å². The molecule has 0 atom stereocenters. The summed E-state index contributed by atoms with van der Waals surface area (Å²) in [6.45, 7) is 3.36. The molecule has 5 nitrogen and oxygen atoms in total. The number of hydrogen-bond acceptors (Lipinski definition) is 3. The fourth-order valence-electron chi connectivity index (χ4n) is 1.37. The number of likely N-dealkylation sites (N-methyl/N-ethyl adjacent to an activating group) is 1. The van der Waals surface area contributed by atoms with Crippen LogP contribution >= 0.6 is 12.2 Å². The highest BCUT2D eigenvalue weighted by atomic mass is 32.1. The summed E-state index contributed by atoms with van der Waals surface area (Å²) in [5, 5.41) is 2.82. The maximum Gasteiger partial charge on any atom is 0.239 e. The van der Waals surface area contributed by atoms with Gasteiger partial charge in [-0.05, 0) is 26.7 Å². The minimum absolute atomic E-state index is 0.0430. The molecule has 0 heterocycles. The molecule has 1 aliphatic carbocycles. The molecule has 1 saturated carbocycles. The normalized spacial score (nSPS) is 15.2. The lowest BCUT2D eigenvalue weighted by Crippen LogP contribution is -2.48. The molecule has 1 fully saturated rings. The zero-order valence-electron chi connectivity index (χ0n) is 10.4. The van der Waals surface area contributed by atoms with Gasteiger partial charge in [0.25, 0.3) is 0 Å². The van der Waals surface area contributed by atoms with Gasteiger partial charge < -0.3 is 16.0 Å². The molecule has 6 heteroatoms. The first-order valence-corrected chi connectivity index (χ1v) is 6.01. The second-order valence-corrected chi connectivity index (χ2v) is 5.43. The van der Waals surface area contributed by atoms with Crippen LogP contribution in [0.3, 0.4) is 0 Å². The van der Waals surface area contributed by atoms with Crippen LogP contribution in [0.15, 0.2) is 0 Å². The Balaban J connectivity index is 2.50. The molecule has 96 valence electrons. The van der Waals surface area contributed by atoms with Crippen molar-refractivity contribution in [3.8, 4) is 0 Å². The summed E-state index contributed by atoms with van der Waals surface area (Å²) in [6.07, 6.45) is 2.06. The Labute approximate surface area is 107 Å². The molecule has 0 aromatic heterocycles. The predicted octanol–water partition coefficient (Wildman–Crippen LogP) is 0.0357. The monoisotopic (exact) mass is 257 g/mol. The Bertz CT molecular complexity index is 351. The van der Waals surface area contributed by atoms with Crippen molar-refractivity contribution in [1.82, 2.24) is 10.2 Å². The molecule has 0 aromatic carbocycles. The highest BCUT2D eigenvalue weighted by Crippen LogP contribution is 2.20. The van der Waals surface area contributed by atoms with E-state index in [9.17, 15) is 9.59 Å². The van der Waals surface area contributed by atoms with E-state index in [1.54, 1.807) is 20.9 Å². The van der Waals surface area contributed by atoms with E-state index in [1.165, 1.54) is 4.90 Å². The van der Waals surface area contributed by atoms with Gasteiger partial charge in [0.05, 0.1) is 16.9 Å². The number of hydrogen-bond donors (Lipinski definition) is 2. The van der Waals surface area contributed by atoms with Gasteiger partial charge in [0.15, 0.2) is 0 Å². The second kappa shape index (κ2) is 5.00. The van der Waals surface area contributed by atoms with Crippen LogP contribution in [0.2, 0.25) is 0 Å². The summed E-state index contributed by atoms with van der Waals surface area (Å²) in [4.78, 5) is 25.1. The molecule has 2 amide bonds.